The van der Waals surface area contributed by atoms with Crippen LogP contribution in [0.25, 0.3) is 69.1 Å². The quantitative estimate of drug-likeness (QED) is 0.0964. The molecule has 0 amide bonds. The molecule has 7 aromatic carbocycles. The molecule has 0 fully saturated rings. The van der Waals surface area contributed by atoms with Crippen molar-refractivity contribution < 1.29 is 0 Å². The first kappa shape index (κ1) is 35.1. The van der Waals surface area contributed by atoms with Gasteiger partial charge in [-0.15, -0.1) is 22.7 Å². The smallest absolute Gasteiger partial charge is 0.0348 e. The number of thiophene rings is 2. The van der Waals surface area contributed by atoms with Crippen molar-refractivity contribution in [1.82, 2.24) is 0 Å². The lowest BCUT2D eigenvalue weighted by Gasteiger charge is -2.14. The summed E-state index contributed by atoms with van der Waals surface area (Å²) >= 11 is 3.55. The topological polar surface area (TPSA) is 0 Å². The van der Waals surface area contributed by atoms with E-state index in [-0.39, 0.29) is 0 Å². The second-order valence-electron chi connectivity index (χ2n) is 13.6. The highest BCUT2D eigenvalue weighted by atomic mass is 32.1. The first-order chi connectivity index (χ1) is 27.8. The highest BCUT2D eigenvalue weighted by Gasteiger charge is 2.13. The minimum atomic E-state index is 1.18. The van der Waals surface area contributed by atoms with Crippen LogP contribution in [0.1, 0.15) is 54.3 Å². The summed E-state index contributed by atoms with van der Waals surface area (Å²) in [6, 6.07) is 65.1. The van der Waals surface area contributed by atoms with Gasteiger partial charge in [-0.25, -0.2) is 0 Å². The van der Waals surface area contributed by atoms with Gasteiger partial charge in [0.1, 0.15) is 0 Å². The Labute approximate surface area is 337 Å². The second-order valence-corrected chi connectivity index (χ2v) is 15.5. The van der Waals surface area contributed by atoms with Gasteiger partial charge in [0.25, 0.3) is 0 Å². The number of rotatable bonds is 10. The van der Waals surface area contributed by atoms with E-state index in [0.717, 1.165) is 0 Å². The standard InChI is InChI=1S/C54H38S2/c1-3-19-41(20-4-1)51(53-29-15-35-55-53)37-43-23-9-7-17-39(43)31-33-49-45-25-11-13-27-47(45)50(48-28-14-12-26-46(48)49)34-32-40-18-8-10-24-44(40)38-52(54-30-16-36-56-54)42-21-5-2-6-22-42/h1-38H/b33-31?,34-32?,51-37+,52-38+. The van der Waals surface area contributed by atoms with Crippen molar-refractivity contribution >= 4 is 91.8 Å². The molecule has 56 heavy (non-hydrogen) atoms. The Hall–Kier alpha value is -6.58. The van der Waals surface area contributed by atoms with E-state index in [1.165, 1.54) is 87.0 Å². The van der Waals surface area contributed by atoms with E-state index in [9.17, 15) is 0 Å². The summed E-state index contributed by atoms with van der Waals surface area (Å²) in [6.07, 6.45) is 13.9. The molecule has 0 unspecified atom stereocenters. The lowest BCUT2D eigenvalue weighted by atomic mass is 9.90. The van der Waals surface area contributed by atoms with Crippen molar-refractivity contribution in [2.24, 2.45) is 0 Å². The molecule has 0 atom stereocenters. The van der Waals surface area contributed by atoms with E-state index in [4.69, 9.17) is 0 Å². The molecule has 0 bridgehead atoms. The number of benzene rings is 7. The van der Waals surface area contributed by atoms with Crippen LogP contribution in [0.5, 0.6) is 0 Å². The average Bonchev–Trinajstić information content (AvgIpc) is 4.01. The lowest BCUT2D eigenvalue weighted by molar-refractivity contribution is 1.59. The van der Waals surface area contributed by atoms with Gasteiger partial charge < -0.3 is 0 Å². The van der Waals surface area contributed by atoms with Gasteiger partial charge in [-0.3, -0.25) is 0 Å². The van der Waals surface area contributed by atoms with E-state index in [2.05, 4.69) is 229 Å². The van der Waals surface area contributed by atoms with Crippen molar-refractivity contribution in [1.29, 1.82) is 0 Å². The number of hydrogen-bond donors (Lipinski definition) is 0. The molecule has 0 N–H and O–H groups in total. The third-order valence-electron chi connectivity index (χ3n) is 10.2. The maximum Gasteiger partial charge on any atom is 0.0348 e. The van der Waals surface area contributed by atoms with Crippen molar-refractivity contribution in [3.63, 3.8) is 0 Å². The Kier molecular flexibility index (Phi) is 10.3. The molecule has 0 saturated heterocycles. The van der Waals surface area contributed by atoms with Crippen LogP contribution in [0.3, 0.4) is 0 Å². The predicted molar refractivity (Wildman–Crippen MR) is 248 cm³/mol. The fourth-order valence-corrected chi connectivity index (χ4v) is 9.02. The molecule has 0 spiro atoms. The molecule has 0 saturated carbocycles. The highest BCUT2D eigenvalue weighted by molar-refractivity contribution is 7.11. The van der Waals surface area contributed by atoms with Crippen molar-refractivity contribution in [2.75, 3.05) is 0 Å². The third-order valence-corrected chi connectivity index (χ3v) is 12.0. The van der Waals surface area contributed by atoms with E-state index in [1.807, 2.05) is 0 Å². The Morgan fingerprint density at radius 3 is 1.00 bits per heavy atom. The maximum absolute atomic E-state index is 2.33. The lowest BCUT2D eigenvalue weighted by Crippen LogP contribution is -1.90. The van der Waals surface area contributed by atoms with Gasteiger partial charge in [0, 0.05) is 9.75 Å². The molecule has 2 heterocycles. The molecule has 0 aliphatic heterocycles. The molecular formula is C54H38S2. The summed E-state index contributed by atoms with van der Waals surface area (Å²) in [4.78, 5) is 2.52. The second kappa shape index (κ2) is 16.4. The van der Waals surface area contributed by atoms with Gasteiger partial charge in [0.15, 0.2) is 0 Å². The van der Waals surface area contributed by atoms with Crippen LogP contribution in [0.4, 0.5) is 0 Å². The summed E-state index contributed by atoms with van der Waals surface area (Å²) in [5, 5.41) is 9.23. The highest BCUT2D eigenvalue weighted by Crippen LogP contribution is 2.37. The van der Waals surface area contributed by atoms with Crippen LogP contribution >= 0.6 is 22.7 Å². The Morgan fingerprint density at radius 2 is 0.643 bits per heavy atom. The summed E-state index contributed by atoms with van der Waals surface area (Å²) in [5.41, 5.74) is 12.1. The first-order valence-corrected chi connectivity index (χ1v) is 20.7. The third kappa shape index (κ3) is 7.41. The van der Waals surface area contributed by atoms with Crippen molar-refractivity contribution in [2.45, 2.75) is 0 Å². The van der Waals surface area contributed by atoms with Crippen LogP contribution < -0.4 is 0 Å². The average molecular weight is 751 g/mol. The van der Waals surface area contributed by atoms with Gasteiger partial charge in [-0.1, -0.05) is 194 Å². The van der Waals surface area contributed by atoms with Gasteiger partial charge in [-0.05, 0) is 112 Å². The monoisotopic (exact) mass is 750 g/mol. The molecular weight excluding hydrogens is 713 g/mol. The van der Waals surface area contributed by atoms with Crippen molar-refractivity contribution in [3.8, 4) is 0 Å². The molecule has 0 aliphatic carbocycles. The minimum absolute atomic E-state index is 1.18. The zero-order valence-electron chi connectivity index (χ0n) is 30.8. The van der Waals surface area contributed by atoms with Crippen LogP contribution in [-0.4, -0.2) is 0 Å². The van der Waals surface area contributed by atoms with Crippen LogP contribution in [0.15, 0.2) is 193 Å². The molecule has 9 rings (SSSR count). The zero-order valence-corrected chi connectivity index (χ0v) is 32.4. The predicted octanol–water partition coefficient (Wildman–Crippen LogP) is 15.6. The molecule has 2 aromatic heterocycles. The number of fused-ring (bicyclic) bond motifs is 2. The van der Waals surface area contributed by atoms with Gasteiger partial charge in [0.2, 0.25) is 0 Å². The SMILES string of the molecule is C(=Cc1c2ccccc2c(C=Cc2ccccc2/C=C(\c2ccccc2)c2cccs2)c2ccccc12)c1ccccc1/C=C(\c1ccccc1)c1cccs1. The maximum atomic E-state index is 2.33. The van der Waals surface area contributed by atoms with E-state index in [1.54, 1.807) is 22.7 Å². The summed E-state index contributed by atoms with van der Waals surface area (Å²) in [6.45, 7) is 0. The molecule has 0 aliphatic rings. The summed E-state index contributed by atoms with van der Waals surface area (Å²) in [7, 11) is 0. The van der Waals surface area contributed by atoms with Crippen molar-refractivity contribution in [3.05, 3.63) is 247 Å². The van der Waals surface area contributed by atoms with Crippen LogP contribution in [0, 0.1) is 0 Å². The largest absolute Gasteiger partial charge is 0.144 e. The van der Waals surface area contributed by atoms with E-state index < -0.39 is 0 Å². The fraction of sp³-hybridized carbons (Fsp3) is 0. The van der Waals surface area contributed by atoms with Crippen LogP contribution in [-0.2, 0) is 0 Å². The summed E-state index contributed by atoms with van der Waals surface area (Å²) < 4.78 is 0. The van der Waals surface area contributed by atoms with Gasteiger partial charge in [-0.2, -0.15) is 0 Å². The molecule has 9 aromatic rings. The van der Waals surface area contributed by atoms with Crippen LogP contribution in [0.2, 0.25) is 0 Å². The Bertz CT molecular complexity index is 2610. The summed E-state index contributed by atoms with van der Waals surface area (Å²) in [5.74, 6) is 0. The first-order valence-electron chi connectivity index (χ1n) is 18.9. The minimum Gasteiger partial charge on any atom is -0.144 e. The molecule has 0 nitrogen and oxygen atoms in total. The van der Waals surface area contributed by atoms with E-state index in [0.29, 0.717) is 0 Å². The molecule has 2 heteroatoms. The normalized spacial score (nSPS) is 12.4. The van der Waals surface area contributed by atoms with Gasteiger partial charge >= 0.3 is 0 Å². The Balaban J connectivity index is 1.13. The zero-order chi connectivity index (χ0) is 37.5. The Morgan fingerprint density at radius 1 is 0.304 bits per heavy atom. The van der Waals surface area contributed by atoms with E-state index >= 15 is 0 Å². The fourth-order valence-electron chi connectivity index (χ4n) is 7.49. The van der Waals surface area contributed by atoms with Gasteiger partial charge in [0.05, 0.1) is 0 Å². The number of hydrogen-bond acceptors (Lipinski definition) is 2. The molecule has 266 valence electrons. The molecule has 0 radical (unpaired) electrons.